The maximum absolute atomic E-state index is 14.0. The number of benzene rings is 3. The number of hydrogen-bond acceptors (Lipinski definition) is 11. The normalized spacial score (nSPS) is 16.4. The number of ether oxygens (including phenoxy) is 3. The minimum Gasteiger partial charge on any atom is -0.468 e. The highest BCUT2D eigenvalue weighted by Crippen LogP contribution is 2.40. The topological polar surface area (TPSA) is 203 Å². The first-order valence-corrected chi connectivity index (χ1v) is 22.1. The SMILES string of the molecule is COC(=O)CNC(=O)[C@H](Cc1ccccc1)NC(=O)[C@H](COCc1ccc(C(C)ON2C(C)(C)CCCC2(C)C)cc1)NC(=O)CNC(=O)[C@H](Cc1ccccc1)NC(=O)OC(C)(C)C. The summed E-state index contributed by atoms with van der Waals surface area (Å²) in [6.45, 7) is 14.7. The van der Waals surface area contributed by atoms with Crippen LogP contribution in [0.1, 0.15) is 103 Å². The monoisotopic (exact) mass is 900 g/mol. The average Bonchev–Trinajstić information content (AvgIpc) is 3.25. The van der Waals surface area contributed by atoms with Crippen LogP contribution in [0.5, 0.6) is 0 Å². The zero-order valence-corrected chi connectivity index (χ0v) is 39.3. The van der Waals surface area contributed by atoms with E-state index in [4.69, 9.17) is 14.3 Å². The molecule has 0 aliphatic carbocycles. The number of nitrogens with one attached hydrogen (secondary N) is 5. The van der Waals surface area contributed by atoms with E-state index >= 15 is 0 Å². The van der Waals surface area contributed by atoms with Crippen LogP contribution in [0.25, 0.3) is 0 Å². The van der Waals surface area contributed by atoms with Crippen LogP contribution >= 0.6 is 0 Å². The first-order chi connectivity index (χ1) is 30.7. The van der Waals surface area contributed by atoms with Gasteiger partial charge in [0.25, 0.3) is 0 Å². The highest BCUT2D eigenvalue weighted by molar-refractivity contribution is 5.94. The number of alkyl carbamates (subject to hydrolysis) is 1. The zero-order valence-electron chi connectivity index (χ0n) is 39.3. The third-order valence-electron chi connectivity index (χ3n) is 10.9. The molecule has 1 heterocycles. The van der Waals surface area contributed by atoms with Crippen molar-refractivity contribution >= 4 is 35.7 Å². The molecule has 5 N–H and O–H groups in total. The molecule has 5 amide bonds. The lowest BCUT2D eigenvalue weighted by molar-refractivity contribution is -0.304. The first-order valence-electron chi connectivity index (χ1n) is 22.1. The Labute approximate surface area is 383 Å². The van der Waals surface area contributed by atoms with E-state index in [9.17, 15) is 28.8 Å². The Bertz CT molecular complexity index is 2020. The summed E-state index contributed by atoms with van der Waals surface area (Å²) in [5.74, 6) is -3.49. The van der Waals surface area contributed by atoms with Gasteiger partial charge in [0.1, 0.15) is 36.4 Å². The Balaban J connectivity index is 1.48. The van der Waals surface area contributed by atoms with E-state index in [1.165, 1.54) is 7.11 Å². The van der Waals surface area contributed by atoms with Crippen LogP contribution in [0.2, 0.25) is 0 Å². The highest BCUT2D eigenvalue weighted by atomic mass is 16.7. The van der Waals surface area contributed by atoms with Crippen molar-refractivity contribution in [2.45, 2.75) is 135 Å². The molecular weight excluding hydrogens is 833 g/mol. The predicted octanol–water partition coefficient (Wildman–Crippen LogP) is 4.99. The van der Waals surface area contributed by atoms with Crippen LogP contribution in [0, 0.1) is 0 Å². The molecule has 0 spiro atoms. The number of hydrogen-bond donors (Lipinski definition) is 5. The zero-order chi connectivity index (χ0) is 47.8. The van der Waals surface area contributed by atoms with Crippen LogP contribution in [0.3, 0.4) is 0 Å². The van der Waals surface area contributed by atoms with E-state index in [2.05, 4.69) is 64.1 Å². The smallest absolute Gasteiger partial charge is 0.408 e. The lowest BCUT2D eigenvalue weighted by Crippen LogP contribution is -2.58. The van der Waals surface area contributed by atoms with Gasteiger partial charge in [-0.2, -0.15) is 5.06 Å². The van der Waals surface area contributed by atoms with E-state index in [0.717, 1.165) is 41.5 Å². The molecule has 4 rings (SSSR count). The number of carbonyl (C=O) groups excluding carboxylic acids is 6. The van der Waals surface area contributed by atoms with E-state index in [0.29, 0.717) is 0 Å². The van der Waals surface area contributed by atoms with Gasteiger partial charge >= 0.3 is 12.1 Å². The van der Waals surface area contributed by atoms with Crippen LogP contribution in [0.15, 0.2) is 84.9 Å². The molecule has 1 aliphatic heterocycles. The fourth-order valence-electron chi connectivity index (χ4n) is 7.57. The summed E-state index contributed by atoms with van der Waals surface area (Å²) < 4.78 is 16.1. The molecule has 0 aromatic heterocycles. The van der Waals surface area contributed by atoms with Crippen molar-refractivity contribution in [3.05, 3.63) is 107 Å². The van der Waals surface area contributed by atoms with E-state index in [1.54, 1.807) is 69.3 Å². The van der Waals surface area contributed by atoms with Crippen LogP contribution < -0.4 is 26.6 Å². The summed E-state index contributed by atoms with van der Waals surface area (Å²) in [6, 6.07) is 22.1. The molecule has 1 unspecified atom stereocenters. The molecule has 0 bridgehead atoms. The summed E-state index contributed by atoms with van der Waals surface area (Å²) in [6.07, 6.45) is 2.34. The number of piperidine rings is 1. The number of esters is 1. The minimum atomic E-state index is -1.34. The maximum atomic E-state index is 14.0. The van der Waals surface area contributed by atoms with Gasteiger partial charge in [-0.15, -0.1) is 0 Å². The molecule has 4 atom stereocenters. The van der Waals surface area contributed by atoms with Crippen LogP contribution in [-0.4, -0.2) is 102 Å². The third kappa shape index (κ3) is 17.2. The summed E-state index contributed by atoms with van der Waals surface area (Å²) in [4.78, 5) is 85.6. The Morgan fingerprint density at radius 2 is 1.18 bits per heavy atom. The summed E-state index contributed by atoms with van der Waals surface area (Å²) in [5, 5.41) is 15.1. The molecule has 1 fully saturated rings. The van der Waals surface area contributed by atoms with Gasteiger partial charge in [-0.25, -0.2) is 4.79 Å². The Kier molecular flexibility index (Phi) is 19.0. The van der Waals surface area contributed by atoms with Crippen LogP contribution in [-0.2, 0) is 62.5 Å². The average molecular weight is 901 g/mol. The maximum Gasteiger partial charge on any atom is 0.408 e. The number of hydroxylamine groups is 2. The molecule has 1 saturated heterocycles. The van der Waals surface area contributed by atoms with E-state index in [-0.39, 0.29) is 43.2 Å². The second-order valence-corrected chi connectivity index (χ2v) is 18.5. The second kappa shape index (κ2) is 23.9. The molecule has 16 nitrogen and oxygen atoms in total. The van der Waals surface area contributed by atoms with Gasteiger partial charge < -0.3 is 40.8 Å². The largest absolute Gasteiger partial charge is 0.468 e. The first kappa shape index (κ1) is 51.8. The Hall–Kier alpha value is -5.84. The van der Waals surface area contributed by atoms with Gasteiger partial charge in [0.15, 0.2) is 0 Å². The predicted molar refractivity (Wildman–Crippen MR) is 245 cm³/mol. The molecule has 16 heteroatoms. The summed E-state index contributed by atoms with van der Waals surface area (Å²) >= 11 is 0. The van der Waals surface area contributed by atoms with E-state index in [1.807, 2.05) is 43.3 Å². The van der Waals surface area contributed by atoms with Crippen LogP contribution in [0.4, 0.5) is 4.79 Å². The van der Waals surface area contributed by atoms with Crippen molar-refractivity contribution in [1.29, 1.82) is 0 Å². The fraction of sp³-hybridized carbons (Fsp3) is 0.510. The van der Waals surface area contributed by atoms with Crippen molar-refractivity contribution in [3.8, 4) is 0 Å². The number of nitrogens with zero attached hydrogens (tertiary/aromatic N) is 1. The molecule has 354 valence electrons. The number of amides is 5. The molecule has 3 aromatic carbocycles. The second-order valence-electron chi connectivity index (χ2n) is 18.5. The van der Waals surface area contributed by atoms with Crippen molar-refractivity contribution in [2.75, 3.05) is 26.8 Å². The van der Waals surface area contributed by atoms with Gasteiger partial charge in [-0.1, -0.05) is 84.9 Å². The quantitative estimate of drug-likeness (QED) is 0.0902. The van der Waals surface area contributed by atoms with Gasteiger partial charge in [0.2, 0.25) is 23.6 Å². The highest BCUT2D eigenvalue weighted by Gasteiger charge is 2.43. The van der Waals surface area contributed by atoms with Crippen molar-refractivity contribution < 1.29 is 47.8 Å². The standard InChI is InChI=1S/C49H68N6O10/c1-33(65-55-48(5,6)25-16-26-49(55,7)8)37-23-21-36(22-24-37)31-63-32-40(45(60)53-38(27-34-17-12-10-13-18-34)43(58)51-30-42(57)62-9)52-41(56)29-50-44(59)39(28-35-19-14-11-15-20-35)54-46(61)64-47(2,3)4/h10-15,17-24,33,38-40H,16,25-32H2,1-9H3,(H,50,59)(H,51,58)(H,52,56)(H,53,60)(H,54,61)/t33?,38-,39-,40-/m0/s1. The molecule has 0 radical (unpaired) electrons. The number of carbonyl (C=O) groups is 6. The Morgan fingerprint density at radius 3 is 1.71 bits per heavy atom. The van der Waals surface area contributed by atoms with Gasteiger partial charge in [0.05, 0.1) is 26.9 Å². The van der Waals surface area contributed by atoms with Crippen molar-refractivity contribution in [2.24, 2.45) is 0 Å². The minimum absolute atomic E-state index is 0.0614. The fourth-order valence-corrected chi connectivity index (χ4v) is 7.57. The third-order valence-corrected chi connectivity index (χ3v) is 10.9. The molecule has 3 aromatic rings. The van der Waals surface area contributed by atoms with Crippen molar-refractivity contribution in [3.63, 3.8) is 0 Å². The molecule has 0 saturated carbocycles. The molecular formula is C49H68N6O10. The van der Waals surface area contributed by atoms with E-state index < -0.39 is 72.5 Å². The van der Waals surface area contributed by atoms with Gasteiger partial charge in [-0.05, 0) is 96.9 Å². The van der Waals surface area contributed by atoms with Crippen molar-refractivity contribution in [1.82, 2.24) is 31.6 Å². The summed E-state index contributed by atoms with van der Waals surface area (Å²) in [7, 11) is 1.19. The Morgan fingerprint density at radius 1 is 0.662 bits per heavy atom. The summed E-state index contributed by atoms with van der Waals surface area (Å²) in [5.41, 5.74) is 2.18. The van der Waals surface area contributed by atoms with Gasteiger partial charge in [0, 0.05) is 23.9 Å². The lowest BCUT2D eigenvalue weighted by atomic mass is 9.82. The lowest BCUT2D eigenvalue weighted by Gasteiger charge is -2.52. The molecule has 65 heavy (non-hydrogen) atoms. The van der Waals surface area contributed by atoms with Gasteiger partial charge in [-0.3, -0.25) is 28.8 Å². The molecule has 1 aliphatic rings. The number of methoxy groups -OCH3 is 1. The number of rotatable bonds is 21.